The molecule has 3 heteroatoms. The molecule has 3 fully saturated rings. The molecule has 8 atom stereocenters. The molecule has 3 saturated carbocycles. The van der Waals surface area contributed by atoms with Crippen LogP contribution in [-0.4, -0.2) is 32.6 Å². The Hall–Kier alpha value is -0.120. The molecular weight excluding hydrogens is 204 g/mol. The molecule has 3 nitrogen and oxygen atoms in total. The average Bonchev–Trinajstić information content (AvgIpc) is 2.30. The molecule has 0 aromatic heterocycles. The lowest BCUT2D eigenvalue weighted by Gasteiger charge is -2.93. The Morgan fingerprint density at radius 1 is 0.750 bits per heavy atom. The number of aliphatic hydroxyl groups excluding tert-OH is 1. The van der Waals surface area contributed by atoms with Crippen molar-refractivity contribution in [1.82, 2.24) is 0 Å². The van der Waals surface area contributed by atoms with Crippen LogP contribution in [0.15, 0.2) is 0 Å². The van der Waals surface area contributed by atoms with Crippen molar-refractivity contribution in [3.63, 3.8) is 0 Å². The molecule has 0 saturated heterocycles. The van der Waals surface area contributed by atoms with Gasteiger partial charge in [-0.05, 0) is 17.8 Å². The van der Waals surface area contributed by atoms with Crippen molar-refractivity contribution < 1.29 is 15.3 Å². The van der Waals surface area contributed by atoms with Gasteiger partial charge in [-0.1, -0.05) is 34.6 Å². The minimum absolute atomic E-state index is 0.0534. The summed E-state index contributed by atoms with van der Waals surface area (Å²) in [4.78, 5) is 0. The van der Waals surface area contributed by atoms with Crippen molar-refractivity contribution >= 4 is 0 Å². The van der Waals surface area contributed by atoms with Gasteiger partial charge in [0, 0.05) is 10.8 Å². The van der Waals surface area contributed by atoms with Gasteiger partial charge < -0.3 is 15.3 Å². The van der Waals surface area contributed by atoms with E-state index in [-0.39, 0.29) is 22.7 Å². The average molecular weight is 226 g/mol. The van der Waals surface area contributed by atoms with Gasteiger partial charge in [-0.2, -0.15) is 0 Å². The molecule has 8 unspecified atom stereocenters. The Morgan fingerprint density at radius 2 is 1.19 bits per heavy atom. The molecule has 0 radical (unpaired) electrons. The van der Waals surface area contributed by atoms with Crippen LogP contribution in [0.1, 0.15) is 34.6 Å². The van der Waals surface area contributed by atoms with Crippen LogP contribution in [0.4, 0.5) is 0 Å². The van der Waals surface area contributed by atoms with Crippen LogP contribution in [0, 0.1) is 28.6 Å². The normalized spacial score (nSPS) is 76.5. The molecule has 0 heterocycles. The summed E-state index contributed by atoms with van der Waals surface area (Å²) in [5.74, 6) is 0.494. The van der Waals surface area contributed by atoms with E-state index in [1.54, 1.807) is 0 Å². The number of aliphatic hydroxyl groups is 3. The first-order chi connectivity index (χ1) is 7.13. The summed E-state index contributed by atoms with van der Waals surface area (Å²) < 4.78 is 0. The van der Waals surface area contributed by atoms with E-state index >= 15 is 0 Å². The van der Waals surface area contributed by atoms with Crippen LogP contribution in [0.5, 0.6) is 0 Å². The second-order valence-electron chi connectivity index (χ2n) is 6.75. The summed E-state index contributed by atoms with van der Waals surface area (Å²) >= 11 is 0. The Bertz CT molecular complexity index is 295. The van der Waals surface area contributed by atoms with E-state index in [9.17, 15) is 15.3 Å². The molecule has 3 aliphatic carbocycles. The fourth-order valence-corrected chi connectivity index (χ4v) is 5.86. The predicted octanol–water partition coefficient (Wildman–Crippen LogP) is 0.771. The molecule has 16 heavy (non-hydrogen) atoms. The molecular formula is C13H22O3. The van der Waals surface area contributed by atoms with E-state index in [1.807, 2.05) is 20.8 Å². The van der Waals surface area contributed by atoms with E-state index in [2.05, 4.69) is 13.8 Å². The van der Waals surface area contributed by atoms with Crippen LogP contribution in [-0.2, 0) is 0 Å². The van der Waals surface area contributed by atoms with Gasteiger partial charge in [0.15, 0.2) is 0 Å². The van der Waals surface area contributed by atoms with Crippen molar-refractivity contribution in [1.29, 1.82) is 0 Å². The summed E-state index contributed by atoms with van der Waals surface area (Å²) in [6.07, 6.45) is -0.787. The largest absolute Gasteiger partial charge is 0.390 e. The van der Waals surface area contributed by atoms with Gasteiger partial charge in [0.1, 0.15) is 11.2 Å². The third-order valence-electron chi connectivity index (χ3n) is 7.38. The lowest BCUT2D eigenvalue weighted by molar-refractivity contribution is -0.554. The first kappa shape index (κ1) is 11.0. The number of fused-ring (bicyclic) bond motifs is 4. The monoisotopic (exact) mass is 226 g/mol. The Kier molecular flexibility index (Phi) is 1.53. The minimum Gasteiger partial charge on any atom is -0.390 e. The summed E-state index contributed by atoms with van der Waals surface area (Å²) in [6.45, 7) is 10.2. The van der Waals surface area contributed by atoms with Gasteiger partial charge in [-0.15, -0.1) is 0 Å². The van der Waals surface area contributed by atoms with Crippen LogP contribution in [0.2, 0.25) is 0 Å². The van der Waals surface area contributed by atoms with E-state index in [0.29, 0.717) is 5.92 Å². The third kappa shape index (κ3) is 0.500. The highest BCUT2D eigenvalue weighted by molar-refractivity contribution is 5.48. The molecule has 0 aliphatic heterocycles. The zero-order chi connectivity index (χ0) is 12.3. The Labute approximate surface area is 96.5 Å². The lowest BCUT2D eigenvalue weighted by Crippen LogP contribution is -3.05. The molecule has 0 amide bonds. The van der Waals surface area contributed by atoms with Crippen molar-refractivity contribution in [2.75, 3.05) is 0 Å². The summed E-state index contributed by atoms with van der Waals surface area (Å²) in [5, 5.41) is 31.5. The molecule has 92 valence electrons. The van der Waals surface area contributed by atoms with Crippen LogP contribution in [0.3, 0.4) is 0 Å². The molecule has 0 aromatic carbocycles. The molecule has 0 aromatic rings. The highest BCUT2D eigenvalue weighted by Gasteiger charge is 2.99. The lowest BCUT2D eigenvalue weighted by atomic mass is 9.13. The number of hydrogen-bond donors (Lipinski definition) is 3. The fraction of sp³-hybridized carbons (Fsp3) is 1.00. The van der Waals surface area contributed by atoms with Crippen LogP contribution >= 0.6 is 0 Å². The summed E-state index contributed by atoms with van der Waals surface area (Å²) in [6, 6.07) is 0. The van der Waals surface area contributed by atoms with Gasteiger partial charge in [0.25, 0.3) is 0 Å². The predicted molar refractivity (Wildman–Crippen MR) is 59.6 cm³/mol. The summed E-state index contributed by atoms with van der Waals surface area (Å²) in [5.41, 5.74) is -2.99. The van der Waals surface area contributed by atoms with E-state index in [4.69, 9.17) is 0 Å². The van der Waals surface area contributed by atoms with Gasteiger partial charge in [-0.3, -0.25) is 0 Å². The maximum absolute atomic E-state index is 10.8. The van der Waals surface area contributed by atoms with E-state index < -0.39 is 17.3 Å². The van der Waals surface area contributed by atoms with Gasteiger partial charge in [0.05, 0.1) is 6.10 Å². The minimum atomic E-state index is -1.29. The van der Waals surface area contributed by atoms with Gasteiger partial charge in [-0.25, -0.2) is 0 Å². The third-order valence-corrected chi connectivity index (χ3v) is 7.38. The topological polar surface area (TPSA) is 60.7 Å². The van der Waals surface area contributed by atoms with E-state index in [0.717, 1.165) is 0 Å². The molecule has 3 aliphatic rings. The Balaban J connectivity index is 2.15. The Morgan fingerprint density at radius 3 is 1.69 bits per heavy atom. The number of rotatable bonds is 0. The van der Waals surface area contributed by atoms with Crippen molar-refractivity contribution in [2.24, 2.45) is 28.6 Å². The highest BCUT2D eigenvalue weighted by atomic mass is 16.4. The van der Waals surface area contributed by atoms with Crippen molar-refractivity contribution in [3.05, 3.63) is 0 Å². The second-order valence-corrected chi connectivity index (χ2v) is 6.75. The zero-order valence-corrected chi connectivity index (χ0v) is 10.7. The number of hydrogen-bond acceptors (Lipinski definition) is 3. The van der Waals surface area contributed by atoms with E-state index in [1.165, 1.54) is 0 Å². The smallest absolute Gasteiger partial charge is 0.126 e. The molecule has 3 N–H and O–H groups in total. The fourth-order valence-electron chi connectivity index (χ4n) is 5.86. The van der Waals surface area contributed by atoms with Crippen LogP contribution in [0.25, 0.3) is 0 Å². The quantitative estimate of drug-likeness (QED) is 0.572. The second kappa shape index (κ2) is 2.23. The maximum Gasteiger partial charge on any atom is 0.126 e. The first-order valence-corrected chi connectivity index (χ1v) is 6.26. The summed E-state index contributed by atoms with van der Waals surface area (Å²) in [7, 11) is 0. The van der Waals surface area contributed by atoms with Crippen LogP contribution < -0.4 is 0 Å². The standard InChI is InChI=1S/C13H22O3/c1-6-7(2)12(15)10(6,4)11(5)8(3)9(14)13(11,12)16/h6-9,14-16H,1-5H3. The zero-order valence-electron chi connectivity index (χ0n) is 10.7. The van der Waals surface area contributed by atoms with Gasteiger partial charge in [0.2, 0.25) is 0 Å². The first-order valence-electron chi connectivity index (χ1n) is 6.26. The SMILES string of the molecule is CC1C(C)C2(O)C1(C)C1(C)C(C)C(O)C12O. The molecule has 0 bridgehead atoms. The van der Waals surface area contributed by atoms with Crippen molar-refractivity contribution in [3.8, 4) is 0 Å². The highest BCUT2D eigenvalue weighted by Crippen LogP contribution is 2.89. The van der Waals surface area contributed by atoms with Crippen molar-refractivity contribution in [2.45, 2.75) is 51.9 Å². The molecule has 3 rings (SSSR count). The van der Waals surface area contributed by atoms with Gasteiger partial charge >= 0.3 is 0 Å². The molecule has 0 spiro atoms. The maximum atomic E-state index is 10.8.